The van der Waals surface area contributed by atoms with E-state index in [1.807, 2.05) is 24.3 Å². The summed E-state index contributed by atoms with van der Waals surface area (Å²) in [6.07, 6.45) is 3.63. The standard InChI is InChI=1S/C17H23N5O2/c1-23-14-7-6-12(10-15(14)24-2)17-13(11-16(19-18)20-21-17)22-8-4-3-5-9-22/h6-7,10-11H,3-5,8-9,18H2,1-2H3,(H,19,20). The van der Waals surface area contributed by atoms with Crippen LogP contribution in [0.25, 0.3) is 11.3 Å². The van der Waals surface area contributed by atoms with Crippen molar-refractivity contribution in [1.29, 1.82) is 0 Å². The monoisotopic (exact) mass is 329 g/mol. The van der Waals surface area contributed by atoms with Gasteiger partial charge >= 0.3 is 0 Å². The van der Waals surface area contributed by atoms with Crippen molar-refractivity contribution in [2.45, 2.75) is 19.3 Å². The molecule has 0 unspecified atom stereocenters. The highest BCUT2D eigenvalue weighted by molar-refractivity contribution is 5.78. The molecule has 0 aliphatic carbocycles. The second kappa shape index (κ2) is 7.35. The van der Waals surface area contributed by atoms with Crippen molar-refractivity contribution in [3.05, 3.63) is 24.3 Å². The molecule has 3 rings (SSSR count). The molecule has 0 radical (unpaired) electrons. The molecule has 1 aliphatic heterocycles. The average molecular weight is 329 g/mol. The summed E-state index contributed by atoms with van der Waals surface area (Å²) >= 11 is 0. The molecule has 3 N–H and O–H groups in total. The van der Waals surface area contributed by atoms with Crippen LogP contribution in [0.2, 0.25) is 0 Å². The van der Waals surface area contributed by atoms with Crippen LogP contribution in [0, 0.1) is 0 Å². The Bertz CT molecular complexity index is 701. The molecule has 1 aromatic heterocycles. The van der Waals surface area contributed by atoms with Gasteiger partial charge in [0.1, 0.15) is 5.69 Å². The molecule has 7 heteroatoms. The third-order valence-corrected chi connectivity index (χ3v) is 4.28. The Balaban J connectivity index is 2.06. The van der Waals surface area contributed by atoms with Crippen molar-refractivity contribution >= 4 is 11.5 Å². The minimum absolute atomic E-state index is 0.555. The van der Waals surface area contributed by atoms with Crippen LogP contribution in [0.4, 0.5) is 11.5 Å². The molecule has 0 bridgehead atoms. The van der Waals surface area contributed by atoms with Crippen molar-refractivity contribution in [1.82, 2.24) is 10.2 Å². The Morgan fingerprint density at radius 3 is 2.42 bits per heavy atom. The molecular weight excluding hydrogens is 306 g/mol. The first-order chi connectivity index (χ1) is 11.8. The average Bonchev–Trinajstić information content (AvgIpc) is 2.67. The number of benzene rings is 1. The lowest BCUT2D eigenvalue weighted by atomic mass is 10.1. The smallest absolute Gasteiger partial charge is 0.164 e. The van der Waals surface area contributed by atoms with E-state index in [9.17, 15) is 0 Å². The van der Waals surface area contributed by atoms with Crippen molar-refractivity contribution in [3.8, 4) is 22.8 Å². The molecule has 24 heavy (non-hydrogen) atoms. The first-order valence-electron chi connectivity index (χ1n) is 8.08. The van der Waals surface area contributed by atoms with E-state index in [1.165, 1.54) is 19.3 Å². The van der Waals surface area contributed by atoms with Gasteiger partial charge in [-0.25, -0.2) is 5.84 Å². The minimum Gasteiger partial charge on any atom is -0.493 e. The summed E-state index contributed by atoms with van der Waals surface area (Å²) in [7, 11) is 3.25. The number of nitrogens with two attached hydrogens (primary N) is 1. The van der Waals surface area contributed by atoms with Gasteiger partial charge in [-0.15, -0.1) is 10.2 Å². The van der Waals surface area contributed by atoms with E-state index >= 15 is 0 Å². The summed E-state index contributed by atoms with van der Waals surface area (Å²) in [4.78, 5) is 2.34. The molecule has 128 valence electrons. The van der Waals surface area contributed by atoms with E-state index in [2.05, 4.69) is 20.5 Å². The van der Waals surface area contributed by atoms with Crippen LogP contribution in [0.1, 0.15) is 19.3 Å². The quantitative estimate of drug-likeness (QED) is 0.643. The predicted molar refractivity (Wildman–Crippen MR) is 94.4 cm³/mol. The van der Waals surface area contributed by atoms with Crippen LogP contribution in [0.15, 0.2) is 24.3 Å². The maximum Gasteiger partial charge on any atom is 0.164 e. The van der Waals surface area contributed by atoms with E-state index in [0.29, 0.717) is 17.3 Å². The van der Waals surface area contributed by atoms with Crippen LogP contribution in [0.3, 0.4) is 0 Å². The second-order valence-corrected chi connectivity index (χ2v) is 5.73. The molecule has 1 aromatic carbocycles. The number of nitrogens with one attached hydrogen (secondary N) is 1. The van der Waals surface area contributed by atoms with Crippen molar-refractivity contribution in [3.63, 3.8) is 0 Å². The van der Waals surface area contributed by atoms with E-state index < -0.39 is 0 Å². The van der Waals surface area contributed by atoms with Gasteiger partial charge in [0.05, 0.1) is 19.9 Å². The first kappa shape index (κ1) is 16.3. The first-order valence-corrected chi connectivity index (χ1v) is 8.08. The number of hydrogen-bond donors (Lipinski definition) is 2. The number of anilines is 2. The maximum atomic E-state index is 5.51. The van der Waals surface area contributed by atoms with Gasteiger partial charge in [0.25, 0.3) is 0 Å². The molecular formula is C17H23N5O2. The van der Waals surface area contributed by atoms with Crippen LogP contribution < -0.4 is 25.6 Å². The summed E-state index contributed by atoms with van der Waals surface area (Å²) in [6, 6.07) is 7.72. The van der Waals surface area contributed by atoms with Crippen molar-refractivity contribution < 1.29 is 9.47 Å². The fourth-order valence-electron chi connectivity index (χ4n) is 3.02. The molecule has 2 aromatic rings. The third-order valence-electron chi connectivity index (χ3n) is 4.28. The minimum atomic E-state index is 0.555. The SMILES string of the molecule is COc1ccc(-c2nnc(NN)cc2N2CCCCC2)cc1OC. The summed E-state index contributed by atoms with van der Waals surface area (Å²) in [5.41, 5.74) is 5.36. The van der Waals surface area contributed by atoms with E-state index in [0.717, 1.165) is 30.0 Å². The fourth-order valence-corrected chi connectivity index (χ4v) is 3.02. The summed E-state index contributed by atoms with van der Waals surface area (Å²) in [5.74, 6) is 7.43. The molecule has 1 aliphatic rings. The Kier molecular flexibility index (Phi) is 5.00. The van der Waals surface area contributed by atoms with Crippen molar-refractivity contribution in [2.75, 3.05) is 37.6 Å². The summed E-state index contributed by atoms with van der Waals surface area (Å²) in [6.45, 7) is 2.02. The van der Waals surface area contributed by atoms with Crippen LogP contribution in [-0.4, -0.2) is 37.5 Å². The van der Waals surface area contributed by atoms with Gasteiger partial charge in [-0.1, -0.05) is 0 Å². The third kappa shape index (κ3) is 3.21. The highest BCUT2D eigenvalue weighted by atomic mass is 16.5. The lowest BCUT2D eigenvalue weighted by Gasteiger charge is -2.30. The molecule has 7 nitrogen and oxygen atoms in total. The van der Waals surface area contributed by atoms with Gasteiger partial charge in [-0.05, 0) is 37.5 Å². The van der Waals surface area contributed by atoms with E-state index in [-0.39, 0.29) is 0 Å². The van der Waals surface area contributed by atoms with Gasteiger partial charge in [-0.2, -0.15) is 0 Å². The molecule has 1 fully saturated rings. The second-order valence-electron chi connectivity index (χ2n) is 5.73. The lowest BCUT2D eigenvalue weighted by Crippen LogP contribution is -2.30. The largest absolute Gasteiger partial charge is 0.493 e. The number of piperidine rings is 1. The molecule has 1 saturated heterocycles. The zero-order chi connectivity index (χ0) is 16.9. The molecule has 0 spiro atoms. The van der Waals surface area contributed by atoms with Gasteiger partial charge in [0.15, 0.2) is 17.3 Å². The molecule has 0 amide bonds. The van der Waals surface area contributed by atoms with E-state index in [4.69, 9.17) is 15.3 Å². The molecule has 0 saturated carbocycles. The zero-order valence-electron chi connectivity index (χ0n) is 14.1. The number of hydrogen-bond acceptors (Lipinski definition) is 7. The van der Waals surface area contributed by atoms with Gasteiger partial charge < -0.3 is 19.8 Å². The van der Waals surface area contributed by atoms with Crippen LogP contribution in [-0.2, 0) is 0 Å². The van der Waals surface area contributed by atoms with Gasteiger partial charge in [0.2, 0.25) is 0 Å². The van der Waals surface area contributed by atoms with Gasteiger partial charge in [0, 0.05) is 24.7 Å². The lowest BCUT2D eigenvalue weighted by molar-refractivity contribution is 0.355. The number of rotatable bonds is 5. The Labute approximate surface area is 141 Å². The van der Waals surface area contributed by atoms with Crippen molar-refractivity contribution in [2.24, 2.45) is 5.84 Å². The highest BCUT2D eigenvalue weighted by Crippen LogP contribution is 2.36. The van der Waals surface area contributed by atoms with Crippen LogP contribution >= 0.6 is 0 Å². The Morgan fingerprint density at radius 2 is 1.75 bits per heavy atom. The number of ether oxygens (including phenoxy) is 2. The summed E-state index contributed by atoms with van der Waals surface area (Å²) in [5, 5.41) is 8.54. The normalized spacial score (nSPS) is 14.4. The number of hydrazine groups is 1. The highest BCUT2D eigenvalue weighted by Gasteiger charge is 2.19. The van der Waals surface area contributed by atoms with E-state index in [1.54, 1.807) is 14.2 Å². The van der Waals surface area contributed by atoms with Crippen LogP contribution in [0.5, 0.6) is 11.5 Å². The zero-order valence-corrected chi connectivity index (χ0v) is 14.1. The number of aromatic nitrogens is 2. The Morgan fingerprint density at radius 1 is 1.00 bits per heavy atom. The van der Waals surface area contributed by atoms with Gasteiger partial charge in [-0.3, -0.25) is 0 Å². The Hall–Kier alpha value is -2.54. The number of methoxy groups -OCH3 is 2. The number of nitrogens with zero attached hydrogens (tertiary/aromatic N) is 3. The molecule has 0 atom stereocenters. The summed E-state index contributed by atoms with van der Waals surface area (Å²) < 4.78 is 10.7. The fraction of sp³-hybridized carbons (Fsp3) is 0.412. The topological polar surface area (TPSA) is 85.5 Å². The predicted octanol–water partition coefficient (Wildman–Crippen LogP) is 2.44. The maximum absolute atomic E-state index is 5.51. The molecule has 2 heterocycles. The number of nitrogen functional groups attached to an aromatic ring is 1.